The molecule has 0 unspecified atom stereocenters. The molecule has 3 rings (SSSR count). The van der Waals surface area contributed by atoms with Crippen LogP contribution in [0.1, 0.15) is 11.1 Å². The van der Waals surface area contributed by atoms with Gasteiger partial charge < -0.3 is 0 Å². The maximum atomic E-state index is 12.7. The quantitative estimate of drug-likeness (QED) is 0.730. The summed E-state index contributed by atoms with van der Waals surface area (Å²) in [6.45, 7) is 1.90. The first kappa shape index (κ1) is 13.4. The van der Waals surface area contributed by atoms with E-state index in [9.17, 15) is 8.42 Å². The summed E-state index contributed by atoms with van der Waals surface area (Å²) in [4.78, 5) is 0.230. The number of aromatic nitrogens is 1. The van der Waals surface area contributed by atoms with Crippen LogP contribution < -0.4 is 0 Å². The average Bonchev–Trinajstić information content (AvgIpc) is 2.92. The Morgan fingerprint density at radius 3 is 2.43 bits per heavy atom. The molecule has 21 heavy (non-hydrogen) atoms. The van der Waals surface area contributed by atoms with Crippen LogP contribution in [-0.2, 0) is 10.0 Å². The summed E-state index contributed by atoms with van der Waals surface area (Å²) in [7, 11) is -3.66. The molecule has 0 radical (unpaired) electrons. The smallest absolute Gasteiger partial charge is 0.241 e. The highest BCUT2D eigenvalue weighted by molar-refractivity contribution is 7.90. The van der Waals surface area contributed by atoms with E-state index in [1.807, 2.05) is 6.92 Å². The first-order chi connectivity index (χ1) is 10.0. The molecule has 0 bridgehead atoms. The number of nitriles is 1. The van der Waals surface area contributed by atoms with Gasteiger partial charge in [-0.15, -0.1) is 0 Å². The van der Waals surface area contributed by atoms with E-state index >= 15 is 0 Å². The van der Waals surface area contributed by atoms with Crippen molar-refractivity contribution < 1.29 is 8.42 Å². The Labute approximate surface area is 122 Å². The zero-order valence-electron chi connectivity index (χ0n) is 11.3. The Balaban J connectivity index is 2.25. The number of rotatable bonds is 2. The molecule has 0 saturated carbocycles. The third kappa shape index (κ3) is 2.10. The molecule has 104 valence electrons. The van der Waals surface area contributed by atoms with Crippen molar-refractivity contribution in [3.8, 4) is 6.07 Å². The minimum absolute atomic E-state index is 0.230. The minimum atomic E-state index is -3.66. The van der Waals surface area contributed by atoms with Crippen LogP contribution >= 0.6 is 0 Å². The Kier molecular flexibility index (Phi) is 3.04. The molecule has 1 heterocycles. The van der Waals surface area contributed by atoms with E-state index in [4.69, 9.17) is 5.26 Å². The first-order valence-corrected chi connectivity index (χ1v) is 7.80. The zero-order chi connectivity index (χ0) is 15.0. The number of fused-ring (bicyclic) bond motifs is 1. The van der Waals surface area contributed by atoms with Crippen molar-refractivity contribution in [1.82, 2.24) is 3.97 Å². The van der Waals surface area contributed by atoms with Gasteiger partial charge in [-0.2, -0.15) is 5.26 Å². The van der Waals surface area contributed by atoms with Gasteiger partial charge in [0.1, 0.15) is 0 Å². The molecule has 5 heteroatoms. The third-order valence-corrected chi connectivity index (χ3v) is 5.10. The van der Waals surface area contributed by atoms with Gasteiger partial charge in [0.05, 0.1) is 22.0 Å². The lowest BCUT2D eigenvalue weighted by Crippen LogP contribution is -2.11. The SMILES string of the molecule is Cc1ccc(S(=O)(=O)n2ccc3c(C#N)cccc32)cc1. The van der Waals surface area contributed by atoms with E-state index in [0.717, 1.165) is 5.56 Å². The Morgan fingerprint density at radius 2 is 1.76 bits per heavy atom. The number of aryl methyl sites for hydroxylation is 1. The maximum absolute atomic E-state index is 12.7. The predicted molar refractivity (Wildman–Crippen MR) is 80.4 cm³/mol. The lowest BCUT2D eigenvalue weighted by Gasteiger charge is -2.08. The van der Waals surface area contributed by atoms with Gasteiger partial charge in [-0.05, 0) is 37.3 Å². The van der Waals surface area contributed by atoms with Crippen LogP contribution in [0.3, 0.4) is 0 Å². The summed E-state index contributed by atoms with van der Waals surface area (Å²) in [5, 5.41) is 9.72. The summed E-state index contributed by atoms with van der Waals surface area (Å²) in [5.41, 5.74) is 1.97. The lowest BCUT2D eigenvalue weighted by atomic mass is 10.1. The number of benzene rings is 2. The zero-order valence-corrected chi connectivity index (χ0v) is 12.1. The topological polar surface area (TPSA) is 62.9 Å². The molecule has 0 amide bonds. The molecule has 0 saturated heterocycles. The molecule has 3 aromatic rings. The third-order valence-electron chi connectivity index (χ3n) is 3.40. The molecule has 0 aliphatic rings. The summed E-state index contributed by atoms with van der Waals surface area (Å²) < 4.78 is 26.6. The highest BCUT2D eigenvalue weighted by Gasteiger charge is 2.19. The van der Waals surface area contributed by atoms with E-state index in [-0.39, 0.29) is 4.90 Å². The minimum Gasteiger partial charge on any atom is -0.241 e. The van der Waals surface area contributed by atoms with Gasteiger partial charge in [-0.1, -0.05) is 23.8 Å². The van der Waals surface area contributed by atoms with Gasteiger partial charge in [-0.25, -0.2) is 12.4 Å². The molecule has 4 nitrogen and oxygen atoms in total. The van der Waals surface area contributed by atoms with E-state index in [1.54, 1.807) is 48.5 Å². The van der Waals surface area contributed by atoms with Crippen molar-refractivity contribution in [3.05, 3.63) is 65.9 Å². The summed E-state index contributed by atoms with van der Waals surface area (Å²) in [5.74, 6) is 0. The van der Waals surface area contributed by atoms with Crippen LogP contribution in [0.15, 0.2) is 59.6 Å². The molecular formula is C16H12N2O2S. The Bertz CT molecular complexity index is 962. The van der Waals surface area contributed by atoms with Crippen LogP contribution in [0.5, 0.6) is 0 Å². The van der Waals surface area contributed by atoms with Crippen molar-refractivity contribution in [1.29, 1.82) is 5.26 Å². The van der Waals surface area contributed by atoms with Gasteiger partial charge >= 0.3 is 0 Å². The highest BCUT2D eigenvalue weighted by Crippen LogP contribution is 2.24. The fraction of sp³-hybridized carbons (Fsp3) is 0.0625. The second kappa shape index (κ2) is 4.76. The van der Waals surface area contributed by atoms with Crippen LogP contribution in [0, 0.1) is 18.3 Å². The molecule has 0 fully saturated rings. The maximum Gasteiger partial charge on any atom is 0.268 e. The molecule has 0 N–H and O–H groups in total. The molecule has 0 spiro atoms. The van der Waals surface area contributed by atoms with Gasteiger partial charge in [0, 0.05) is 11.6 Å². The van der Waals surface area contributed by atoms with Crippen molar-refractivity contribution in [2.24, 2.45) is 0 Å². The second-order valence-corrected chi connectivity index (χ2v) is 6.59. The largest absolute Gasteiger partial charge is 0.268 e. The average molecular weight is 296 g/mol. The predicted octanol–water partition coefficient (Wildman–Crippen LogP) is 3.06. The lowest BCUT2D eigenvalue weighted by molar-refractivity contribution is 0.589. The van der Waals surface area contributed by atoms with Crippen molar-refractivity contribution in [2.75, 3.05) is 0 Å². The number of hydrogen-bond donors (Lipinski definition) is 0. The molecule has 0 aliphatic carbocycles. The molecular weight excluding hydrogens is 284 g/mol. The van der Waals surface area contributed by atoms with Gasteiger partial charge in [-0.3, -0.25) is 0 Å². The van der Waals surface area contributed by atoms with E-state index < -0.39 is 10.0 Å². The fourth-order valence-electron chi connectivity index (χ4n) is 2.27. The molecule has 2 aromatic carbocycles. The normalized spacial score (nSPS) is 11.4. The monoisotopic (exact) mass is 296 g/mol. The summed E-state index contributed by atoms with van der Waals surface area (Å²) >= 11 is 0. The Morgan fingerprint density at radius 1 is 1.05 bits per heavy atom. The van der Waals surface area contributed by atoms with Crippen LogP contribution in [-0.4, -0.2) is 12.4 Å². The van der Waals surface area contributed by atoms with E-state index in [2.05, 4.69) is 6.07 Å². The van der Waals surface area contributed by atoms with Crippen molar-refractivity contribution >= 4 is 20.9 Å². The fourth-order valence-corrected chi connectivity index (χ4v) is 3.62. The highest BCUT2D eigenvalue weighted by atomic mass is 32.2. The Hall–Kier alpha value is -2.58. The van der Waals surface area contributed by atoms with Gasteiger partial charge in [0.15, 0.2) is 0 Å². The van der Waals surface area contributed by atoms with E-state index in [0.29, 0.717) is 16.5 Å². The summed E-state index contributed by atoms with van der Waals surface area (Å²) in [6.07, 6.45) is 1.49. The van der Waals surface area contributed by atoms with E-state index in [1.165, 1.54) is 10.2 Å². The number of hydrogen-bond acceptors (Lipinski definition) is 3. The molecule has 0 aliphatic heterocycles. The molecule has 1 aromatic heterocycles. The van der Waals surface area contributed by atoms with Crippen LogP contribution in [0.2, 0.25) is 0 Å². The van der Waals surface area contributed by atoms with Crippen LogP contribution in [0.4, 0.5) is 0 Å². The molecule has 0 atom stereocenters. The van der Waals surface area contributed by atoms with Gasteiger partial charge in [0.25, 0.3) is 10.0 Å². The van der Waals surface area contributed by atoms with Crippen molar-refractivity contribution in [3.63, 3.8) is 0 Å². The number of nitrogens with zero attached hydrogens (tertiary/aromatic N) is 2. The standard InChI is InChI=1S/C16H12N2O2S/c1-12-5-7-14(8-6-12)21(19,20)18-10-9-15-13(11-17)3-2-4-16(15)18/h2-10H,1H3. The second-order valence-electron chi connectivity index (χ2n) is 4.78. The van der Waals surface area contributed by atoms with Gasteiger partial charge in [0.2, 0.25) is 0 Å². The first-order valence-electron chi connectivity index (χ1n) is 6.36. The summed E-state index contributed by atoms with van der Waals surface area (Å²) in [6, 6.07) is 15.5. The van der Waals surface area contributed by atoms with Crippen LogP contribution in [0.25, 0.3) is 10.9 Å². The van der Waals surface area contributed by atoms with Crippen molar-refractivity contribution in [2.45, 2.75) is 11.8 Å².